The maximum absolute atomic E-state index is 12.7. The van der Waals surface area contributed by atoms with E-state index in [-0.39, 0.29) is 10.6 Å². The summed E-state index contributed by atoms with van der Waals surface area (Å²) in [6, 6.07) is 12.5. The minimum absolute atomic E-state index is 0.0302. The molecular formula is C20H18O6S. The Morgan fingerprint density at radius 2 is 1.33 bits per heavy atom. The van der Waals surface area contributed by atoms with E-state index in [1.807, 2.05) is 6.92 Å². The third-order valence-electron chi connectivity index (χ3n) is 4.15. The van der Waals surface area contributed by atoms with Crippen LogP contribution in [0.2, 0.25) is 0 Å². The molecule has 3 aromatic carbocycles. The first-order valence-electron chi connectivity index (χ1n) is 8.05. The van der Waals surface area contributed by atoms with Crippen molar-refractivity contribution in [2.45, 2.75) is 11.8 Å². The summed E-state index contributed by atoms with van der Waals surface area (Å²) >= 11 is 0. The van der Waals surface area contributed by atoms with Crippen molar-refractivity contribution in [1.29, 1.82) is 0 Å². The molecule has 0 heterocycles. The number of aldehydes is 1. The molecule has 0 saturated heterocycles. The molecule has 0 N–H and O–H groups in total. The summed E-state index contributed by atoms with van der Waals surface area (Å²) in [5.41, 5.74) is 1.27. The van der Waals surface area contributed by atoms with Gasteiger partial charge in [0.05, 0.1) is 19.6 Å². The second-order valence-corrected chi connectivity index (χ2v) is 7.39. The van der Waals surface area contributed by atoms with Crippen LogP contribution in [0, 0.1) is 6.92 Å². The Balaban J connectivity index is 2.23. The number of aryl methyl sites for hydroxylation is 1. The van der Waals surface area contributed by atoms with Crippen LogP contribution >= 0.6 is 0 Å². The summed E-state index contributed by atoms with van der Waals surface area (Å²) < 4.78 is 41.5. The van der Waals surface area contributed by atoms with Crippen LogP contribution in [-0.2, 0) is 10.1 Å². The minimum Gasteiger partial charge on any atom is -0.496 e. The van der Waals surface area contributed by atoms with E-state index in [4.69, 9.17) is 13.7 Å². The third-order valence-corrected chi connectivity index (χ3v) is 5.40. The predicted molar refractivity (Wildman–Crippen MR) is 101 cm³/mol. The zero-order valence-corrected chi connectivity index (χ0v) is 15.9. The van der Waals surface area contributed by atoms with Crippen molar-refractivity contribution in [1.82, 2.24) is 0 Å². The van der Waals surface area contributed by atoms with E-state index in [9.17, 15) is 13.2 Å². The number of carbonyl (C=O) groups is 1. The van der Waals surface area contributed by atoms with Gasteiger partial charge in [-0.1, -0.05) is 17.7 Å². The standard InChI is InChI=1S/C20H18O6S/c1-13-4-7-15(8-5-13)27(22,23)26-18-11-10-16(24-2)19-14(12-21)6-9-17(25-3)20(18)19/h4-12H,1-3H3. The number of methoxy groups -OCH3 is 2. The summed E-state index contributed by atoms with van der Waals surface area (Å²) in [7, 11) is -1.15. The summed E-state index contributed by atoms with van der Waals surface area (Å²) in [6.45, 7) is 1.86. The number of carbonyl (C=O) groups excluding carboxylic acids is 1. The smallest absolute Gasteiger partial charge is 0.339 e. The number of hydrogen-bond donors (Lipinski definition) is 0. The molecule has 0 aliphatic rings. The molecular weight excluding hydrogens is 368 g/mol. The number of rotatable bonds is 6. The van der Waals surface area contributed by atoms with Gasteiger partial charge in [-0.3, -0.25) is 4.79 Å². The predicted octanol–water partition coefficient (Wildman–Crippen LogP) is 3.75. The lowest BCUT2D eigenvalue weighted by molar-refractivity contribution is 0.112. The Morgan fingerprint density at radius 3 is 1.93 bits per heavy atom. The maximum Gasteiger partial charge on any atom is 0.339 e. The highest BCUT2D eigenvalue weighted by Crippen LogP contribution is 2.41. The van der Waals surface area contributed by atoms with Crippen LogP contribution in [0.5, 0.6) is 17.2 Å². The Hall–Kier alpha value is -3.06. The van der Waals surface area contributed by atoms with Gasteiger partial charge in [0.25, 0.3) is 0 Å². The lowest BCUT2D eigenvalue weighted by Gasteiger charge is -2.15. The van der Waals surface area contributed by atoms with Crippen LogP contribution in [-0.4, -0.2) is 28.9 Å². The van der Waals surface area contributed by atoms with Gasteiger partial charge in [-0.05, 0) is 43.3 Å². The first-order valence-corrected chi connectivity index (χ1v) is 9.46. The Morgan fingerprint density at radius 1 is 0.778 bits per heavy atom. The van der Waals surface area contributed by atoms with Crippen LogP contribution in [0.4, 0.5) is 0 Å². The van der Waals surface area contributed by atoms with Crippen molar-refractivity contribution in [2.75, 3.05) is 14.2 Å². The zero-order chi connectivity index (χ0) is 19.6. The van der Waals surface area contributed by atoms with E-state index in [1.54, 1.807) is 30.3 Å². The largest absolute Gasteiger partial charge is 0.496 e. The molecule has 0 saturated carbocycles. The molecule has 0 aliphatic carbocycles. The van der Waals surface area contributed by atoms with Crippen LogP contribution in [0.3, 0.4) is 0 Å². The first kappa shape index (κ1) is 18.7. The maximum atomic E-state index is 12.7. The van der Waals surface area contributed by atoms with Gasteiger partial charge in [0.15, 0.2) is 12.0 Å². The van der Waals surface area contributed by atoms with Crippen LogP contribution < -0.4 is 13.7 Å². The quantitative estimate of drug-likeness (QED) is 0.474. The Kier molecular flexibility index (Phi) is 5.05. The summed E-state index contributed by atoms with van der Waals surface area (Å²) in [5.74, 6) is 0.821. The molecule has 6 nitrogen and oxygen atoms in total. The lowest BCUT2D eigenvalue weighted by atomic mass is 10.0. The van der Waals surface area contributed by atoms with Crippen LogP contribution in [0.15, 0.2) is 53.4 Å². The van der Waals surface area contributed by atoms with Crippen molar-refractivity contribution >= 4 is 27.2 Å². The topological polar surface area (TPSA) is 78.9 Å². The average molecular weight is 386 g/mol. The number of hydrogen-bond acceptors (Lipinski definition) is 6. The van der Waals surface area contributed by atoms with Crippen molar-refractivity contribution < 1.29 is 26.9 Å². The molecule has 140 valence electrons. The highest BCUT2D eigenvalue weighted by atomic mass is 32.2. The molecule has 0 spiro atoms. The summed E-state index contributed by atoms with van der Waals surface area (Å²) in [6.07, 6.45) is 0.669. The van der Waals surface area contributed by atoms with Crippen LogP contribution in [0.25, 0.3) is 10.8 Å². The SMILES string of the molecule is COc1ccc(OS(=O)(=O)c2ccc(C)cc2)c2c(OC)ccc(C=O)c12. The minimum atomic E-state index is -4.07. The Labute approximate surface area is 157 Å². The van der Waals surface area contributed by atoms with E-state index in [0.29, 0.717) is 34.1 Å². The third kappa shape index (κ3) is 3.46. The van der Waals surface area contributed by atoms with Crippen molar-refractivity contribution in [2.24, 2.45) is 0 Å². The fraction of sp³-hybridized carbons (Fsp3) is 0.150. The zero-order valence-electron chi connectivity index (χ0n) is 15.1. The molecule has 0 unspecified atom stereocenters. The van der Waals surface area contributed by atoms with Gasteiger partial charge in [-0.15, -0.1) is 0 Å². The number of benzene rings is 3. The van der Waals surface area contributed by atoms with Gasteiger partial charge < -0.3 is 13.7 Å². The van der Waals surface area contributed by atoms with Gasteiger partial charge in [0, 0.05) is 10.9 Å². The molecule has 0 amide bonds. The van der Waals surface area contributed by atoms with Crippen molar-refractivity contribution in [3.05, 3.63) is 59.7 Å². The van der Waals surface area contributed by atoms with Gasteiger partial charge in [0.1, 0.15) is 16.4 Å². The van der Waals surface area contributed by atoms with Gasteiger partial charge in [-0.2, -0.15) is 8.42 Å². The second-order valence-electron chi connectivity index (χ2n) is 5.84. The fourth-order valence-electron chi connectivity index (χ4n) is 2.81. The van der Waals surface area contributed by atoms with E-state index in [0.717, 1.165) is 5.56 Å². The molecule has 0 bridgehead atoms. The molecule has 7 heteroatoms. The first-order chi connectivity index (χ1) is 12.9. The Bertz CT molecular complexity index is 1100. The molecule has 0 aliphatic heterocycles. The summed E-state index contributed by atoms with van der Waals surface area (Å²) in [4.78, 5) is 11.5. The van der Waals surface area contributed by atoms with Crippen LogP contribution in [0.1, 0.15) is 15.9 Å². The van der Waals surface area contributed by atoms with Crippen molar-refractivity contribution in [3.63, 3.8) is 0 Å². The molecule has 3 aromatic rings. The summed E-state index contributed by atoms with van der Waals surface area (Å²) in [5, 5.41) is 0.764. The second kappa shape index (κ2) is 7.28. The molecule has 0 aromatic heterocycles. The number of fused-ring (bicyclic) bond motifs is 1. The number of ether oxygens (including phenoxy) is 2. The van der Waals surface area contributed by atoms with Gasteiger partial charge >= 0.3 is 10.1 Å². The molecule has 0 atom stereocenters. The molecule has 27 heavy (non-hydrogen) atoms. The lowest BCUT2D eigenvalue weighted by Crippen LogP contribution is -2.10. The van der Waals surface area contributed by atoms with E-state index in [2.05, 4.69) is 0 Å². The van der Waals surface area contributed by atoms with E-state index >= 15 is 0 Å². The monoisotopic (exact) mass is 386 g/mol. The molecule has 0 fully saturated rings. The van der Waals surface area contributed by atoms with Gasteiger partial charge in [-0.25, -0.2) is 0 Å². The van der Waals surface area contributed by atoms with E-state index in [1.165, 1.54) is 32.4 Å². The van der Waals surface area contributed by atoms with Crippen molar-refractivity contribution in [3.8, 4) is 17.2 Å². The van der Waals surface area contributed by atoms with Gasteiger partial charge in [0.2, 0.25) is 0 Å². The average Bonchev–Trinajstić information content (AvgIpc) is 2.67. The fourth-order valence-corrected chi connectivity index (χ4v) is 3.75. The molecule has 3 rings (SSSR count). The highest BCUT2D eigenvalue weighted by Gasteiger charge is 2.22. The highest BCUT2D eigenvalue weighted by molar-refractivity contribution is 7.87. The molecule has 0 radical (unpaired) electrons. The normalized spacial score (nSPS) is 11.2. The van der Waals surface area contributed by atoms with E-state index < -0.39 is 10.1 Å².